The first-order chi connectivity index (χ1) is 7.16. The van der Waals surface area contributed by atoms with Crippen LogP contribution in [0.2, 0.25) is 0 Å². The molecule has 2 atom stereocenters. The molecule has 5 heteroatoms. The van der Waals surface area contributed by atoms with Crippen LogP contribution in [0.4, 0.5) is 0 Å². The summed E-state index contributed by atoms with van der Waals surface area (Å²) in [7, 11) is 0. The molecule has 0 aromatic rings. The zero-order chi connectivity index (χ0) is 11.3. The third kappa shape index (κ3) is 3.41. The summed E-state index contributed by atoms with van der Waals surface area (Å²) in [5.74, 6) is -1.17. The summed E-state index contributed by atoms with van der Waals surface area (Å²) in [6.45, 7) is 2.42. The van der Waals surface area contributed by atoms with Gasteiger partial charge in [0.1, 0.15) is 0 Å². The van der Waals surface area contributed by atoms with E-state index < -0.39 is 17.8 Å². The van der Waals surface area contributed by atoms with Crippen molar-refractivity contribution >= 4 is 23.7 Å². The molecule has 0 aromatic carbocycles. The van der Waals surface area contributed by atoms with E-state index in [-0.39, 0.29) is 5.97 Å². The first-order valence-corrected chi connectivity index (χ1v) is 6.29. The summed E-state index contributed by atoms with van der Waals surface area (Å²) in [5.41, 5.74) is 0. The molecule has 1 fully saturated rings. The minimum absolute atomic E-state index is 0.346. The minimum atomic E-state index is -0.891. The maximum Gasteiger partial charge on any atom is 0.310 e. The third-order valence-electron chi connectivity index (χ3n) is 2.44. The first kappa shape index (κ1) is 12.4. The summed E-state index contributed by atoms with van der Waals surface area (Å²) in [5, 5.41) is 8.88. The van der Waals surface area contributed by atoms with Gasteiger partial charge < -0.3 is 9.84 Å². The fourth-order valence-electron chi connectivity index (χ4n) is 1.45. The number of carbonyl (C=O) groups excluding carboxylic acids is 1. The van der Waals surface area contributed by atoms with Gasteiger partial charge in [-0.3, -0.25) is 9.59 Å². The molecule has 0 aliphatic carbocycles. The summed E-state index contributed by atoms with van der Waals surface area (Å²) in [4.78, 5) is 22.4. The van der Waals surface area contributed by atoms with Gasteiger partial charge in [0.25, 0.3) is 0 Å². The average Bonchev–Trinajstić information content (AvgIpc) is 2.66. The summed E-state index contributed by atoms with van der Waals surface area (Å²) < 4.78 is 5.03. The van der Waals surface area contributed by atoms with Gasteiger partial charge >= 0.3 is 11.9 Å². The van der Waals surface area contributed by atoms with Crippen molar-refractivity contribution in [2.45, 2.75) is 19.8 Å². The van der Waals surface area contributed by atoms with Crippen molar-refractivity contribution in [2.75, 3.05) is 18.1 Å². The van der Waals surface area contributed by atoms with E-state index in [0.29, 0.717) is 18.1 Å². The molecule has 86 valence electrons. The lowest BCUT2D eigenvalue weighted by Gasteiger charge is -2.13. The van der Waals surface area contributed by atoms with Crippen LogP contribution in [0.25, 0.3) is 0 Å². The molecule has 1 aliphatic heterocycles. The second-order valence-corrected chi connectivity index (χ2v) is 4.68. The van der Waals surface area contributed by atoms with Crippen LogP contribution >= 0.6 is 11.8 Å². The van der Waals surface area contributed by atoms with E-state index in [1.165, 1.54) is 11.8 Å². The Morgan fingerprint density at radius 1 is 1.40 bits per heavy atom. The highest BCUT2D eigenvalue weighted by Gasteiger charge is 2.39. The predicted molar refractivity (Wildman–Crippen MR) is 57.8 cm³/mol. The van der Waals surface area contributed by atoms with E-state index in [0.717, 1.165) is 12.8 Å². The van der Waals surface area contributed by atoms with Crippen LogP contribution in [0.15, 0.2) is 0 Å². The molecule has 0 spiro atoms. The number of ether oxygens (including phenoxy) is 1. The molecular formula is C10H16O4S. The topological polar surface area (TPSA) is 63.6 Å². The lowest BCUT2D eigenvalue weighted by atomic mass is 9.96. The van der Waals surface area contributed by atoms with Crippen molar-refractivity contribution in [2.24, 2.45) is 11.8 Å². The second-order valence-electron chi connectivity index (χ2n) is 3.61. The van der Waals surface area contributed by atoms with E-state index >= 15 is 0 Å². The summed E-state index contributed by atoms with van der Waals surface area (Å²) >= 11 is 1.50. The van der Waals surface area contributed by atoms with Gasteiger partial charge in [-0.05, 0) is 6.42 Å². The molecule has 4 nitrogen and oxygen atoms in total. The summed E-state index contributed by atoms with van der Waals surface area (Å²) in [6.07, 6.45) is 1.80. The van der Waals surface area contributed by atoms with Gasteiger partial charge in [-0.15, -0.1) is 0 Å². The Morgan fingerprint density at radius 2 is 2.07 bits per heavy atom. The number of esters is 1. The van der Waals surface area contributed by atoms with Gasteiger partial charge in [-0.25, -0.2) is 0 Å². The molecule has 1 saturated heterocycles. The molecule has 0 radical (unpaired) electrons. The number of carboxylic acids is 1. The van der Waals surface area contributed by atoms with Crippen molar-refractivity contribution in [3.63, 3.8) is 0 Å². The van der Waals surface area contributed by atoms with Crippen LogP contribution < -0.4 is 0 Å². The Kier molecular flexibility index (Phi) is 4.94. The van der Waals surface area contributed by atoms with Crippen molar-refractivity contribution in [3.8, 4) is 0 Å². The third-order valence-corrected chi connectivity index (χ3v) is 3.63. The molecule has 0 aromatic heterocycles. The largest absolute Gasteiger partial charge is 0.481 e. The quantitative estimate of drug-likeness (QED) is 0.573. The molecule has 1 rings (SSSR count). The second kappa shape index (κ2) is 6.00. The van der Waals surface area contributed by atoms with Gasteiger partial charge in [0.15, 0.2) is 0 Å². The molecule has 0 saturated carbocycles. The molecule has 0 amide bonds. The number of hydrogen-bond acceptors (Lipinski definition) is 4. The lowest BCUT2D eigenvalue weighted by molar-refractivity contribution is -0.155. The van der Waals surface area contributed by atoms with Crippen molar-refractivity contribution in [1.29, 1.82) is 0 Å². The molecule has 0 bridgehead atoms. The van der Waals surface area contributed by atoms with Gasteiger partial charge in [0, 0.05) is 11.5 Å². The normalized spacial score (nSPS) is 25.1. The Balaban J connectivity index is 2.40. The van der Waals surface area contributed by atoms with Crippen LogP contribution in [0, 0.1) is 11.8 Å². The molecular weight excluding hydrogens is 216 g/mol. The van der Waals surface area contributed by atoms with Crippen molar-refractivity contribution in [3.05, 3.63) is 0 Å². The van der Waals surface area contributed by atoms with Crippen LogP contribution in [-0.4, -0.2) is 35.2 Å². The fourth-order valence-corrected chi connectivity index (χ4v) is 2.84. The monoisotopic (exact) mass is 232 g/mol. The van der Waals surface area contributed by atoms with E-state index in [1.54, 1.807) is 0 Å². The minimum Gasteiger partial charge on any atom is -0.481 e. The van der Waals surface area contributed by atoms with Crippen LogP contribution in [0.1, 0.15) is 19.8 Å². The number of hydrogen-bond donors (Lipinski definition) is 1. The molecule has 15 heavy (non-hydrogen) atoms. The number of aliphatic carboxylic acids is 1. The summed E-state index contributed by atoms with van der Waals surface area (Å²) in [6, 6.07) is 0. The number of unbranched alkanes of at least 4 members (excludes halogenated alkanes) is 1. The van der Waals surface area contributed by atoms with Gasteiger partial charge in [0.05, 0.1) is 18.4 Å². The Bertz CT molecular complexity index is 242. The van der Waals surface area contributed by atoms with E-state index in [2.05, 4.69) is 0 Å². The van der Waals surface area contributed by atoms with E-state index in [4.69, 9.17) is 9.84 Å². The lowest BCUT2D eigenvalue weighted by Crippen LogP contribution is -2.30. The Labute approximate surface area is 93.4 Å². The molecule has 1 aliphatic rings. The Morgan fingerprint density at radius 3 is 2.67 bits per heavy atom. The number of carbonyl (C=O) groups is 2. The van der Waals surface area contributed by atoms with Crippen LogP contribution in [0.5, 0.6) is 0 Å². The zero-order valence-electron chi connectivity index (χ0n) is 8.77. The van der Waals surface area contributed by atoms with Crippen LogP contribution in [0.3, 0.4) is 0 Å². The number of rotatable bonds is 5. The number of thioether (sulfide) groups is 1. The highest BCUT2D eigenvalue weighted by Crippen LogP contribution is 2.31. The Hall–Kier alpha value is -0.710. The van der Waals surface area contributed by atoms with Crippen LogP contribution in [-0.2, 0) is 14.3 Å². The molecule has 1 heterocycles. The highest BCUT2D eigenvalue weighted by molar-refractivity contribution is 7.99. The maximum absolute atomic E-state index is 11.5. The average molecular weight is 232 g/mol. The standard InChI is InChI=1S/C10H16O4S/c1-2-3-4-14-10(13)8-6-15-5-7(8)9(11)12/h7-8H,2-6H2,1H3,(H,11,12). The van der Waals surface area contributed by atoms with Crippen molar-refractivity contribution < 1.29 is 19.4 Å². The van der Waals surface area contributed by atoms with Crippen molar-refractivity contribution in [1.82, 2.24) is 0 Å². The van der Waals surface area contributed by atoms with E-state index in [1.807, 2.05) is 6.92 Å². The fraction of sp³-hybridized carbons (Fsp3) is 0.800. The van der Waals surface area contributed by atoms with Gasteiger partial charge in [0.2, 0.25) is 0 Å². The molecule has 2 unspecified atom stereocenters. The first-order valence-electron chi connectivity index (χ1n) is 5.14. The maximum atomic E-state index is 11.5. The SMILES string of the molecule is CCCCOC(=O)C1CSCC1C(=O)O. The van der Waals surface area contributed by atoms with Gasteiger partial charge in [-0.2, -0.15) is 11.8 Å². The highest BCUT2D eigenvalue weighted by atomic mass is 32.2. The predicted octanol–water partition coefficient (Wildman–Crippen LogP) is 1.39. The number of carboxylic acid groups (broad SMARTS) is 1. The molecule has 1 N–H and O–H groups in total. The zero-order valence-corrected chi connectivity index (χ0v) is 9.59. The van der Waals surface area contributed by atoms with Gasteiger partial charge in [-0.1, -0.05) is 13.3 Å². The van der Waals surface area contributed by atoms with E-state index in [9.17, 15) is 9.59 Å². The smallest absolute Gasteiger partial charge is 0.310 e.